The van der Waals surface area contributed by atoms with Crippen LogP contribution in [0.1, 0.15) is 36.5 Å². The van der Waals surface area contributed by atoms with E-state index < -0.39 is 0 Å². The summed E-state index contributed by atoms with van der Waals surface area (Å²) >= 11 is 0. The fourth-order valence-electron chi connectivity index (χ4n) is 3.48. The van der Waals surface area contributed by atoms with Crippen molar-refractivity contribution < 1.29 is 13.9 Å². The van der Waals surface area contributed by atoms with E-state index in [2.05, 4.69) is 16.8 Å². The largest absolute Gasteiger partial charge is 0.486 e. The van der Waals surface area contributed by atoms with Gasteiger partial charge in [0.15, 0.2) is 0 Å². The van der Waals surface area contributed by atoms with Crippen LogP contribution in [-0.2, 0) is 13.0 Å². The van der Waals surface area contributed by atoms with Crippen molar-refractivity contribution in [1.82, 2.24) is 9.88 Å². The maximum atomic E-state index is 12.9. The minimum atomic E-state index is -0.0574. The standard InChI is InChI=1S/C20H22N2O3/c1-3-15-12-22-17(11-14-6-4-8-18(25-15)19(14)22)20(23)21-13(2)10-16-7-5-9-24-16/h4-9,11,13,15H,3,10,12H2,1-2H3,(H,21,23)/t13-,15+/m1/s1. The Balaban J connectivity index is 1.61. The van der Waals surface area contributed by atoms with Gasteiger partial charge in [-0.3, -0.25) is 4.79 Å². The highest BCUT2D eigenvalue weighted by molar-refractivity contribution is 6.00. The van der Waals surface area contributed by atoms with Crippen molar-refractivity contribution in [3.63, 3.8) is 0 Å². The Bertz CT molecular complexity index is 895. The Morgan fingerprint density at radius 1 is 1.36 bits per heavy atom. The summed E-state index contributed by atoms with van der Waals surface area (Å²) in [6.07, 6.45) is 3.33. The Kier molecular flexibility index (Phi) is 3.99. The number of nitrogens with zero attached hydrogens (tertiary/aromatic N) is 1. The second-order valence-corrected chi connectivity index (χ2v) is 6.64. The normalized spacial score (nSPS) is 17.3. The zero-order chi connectivity index (χ0) is 17.4. The SMILES string of the molecule is CC[C@H]1Cn2c(C(=O)N[C@H](C)Cc3ccco3)cc3cccc(c32)O1. The van der Waals surface area contributed by atoms with Crippen LogP contribution in [0.25, 0.3) is 10.9 Å². The second-order valence-electron chi connectivity index (χ2n) is 6.64. The van der Waals surface area contributed by atoms with Gasteiger partial charge in [0.2, 0.25) is 0 Å². The number of hydrogen-bond donors (Lipinski definition) is 1. The molecule has 0 fully saturated rings. The molecule has 1 amide bonds. The van der Waals surface area contributed by atoms with Crippen molar-refractivity contribution >= 4 is 16.8 Å². The molecule has 5 heteroatoms. The van der Waals surface area contributed by atoms with E-state index in [-0.39, 0.29) is 18.1 Å². The summed E-state index contributed by atoms with van der Waals surface area (Å²) < 4.78 is 13.5. The summed E-state index contributed by atoms with van der Waals surface area (Å²) in [6, 6.07) is 11.7. The van der Waals surface area contributed by atoms with E-state index in [0.717, 1.165) is 28.8 Å². The molecule has 2 atom stereocenters. The summed E-state index contributed by atoms with van der Waals surface area (Å²) in [5.41, 5.74) is 1.70. The zero-order valence-electron chi connectivity index (χ0n) is 14.5. The van der Waals surface area contributed by atoms with E-state index in [1.807, 2.05) is 43.3 Å². The topological polar surface area (TPSA) is 56.4 Å². The molecule has 1 aliphatic heterocycles. The van der Waals surface area contributed by atoms with Crippen LogP contribution in [0.3, 0.4) is 0 Å². The van der Waals surface area contributed by atoms with E-state index in [4.69, 9.17) is 9.15 Å². The van der Waals surface area contributed by atoms with Gasteiger partial charge in [0.25, 0.3) is 5.91 Å². The van der Waals surface area contributed by atoms with Gasteiger partial charge in [-0.25, -0.2) is 0 Å². The molecule has 3 aromatic rings. The van der Waals surface area contributed by atoms with Gasteiger partial charge in [0.05, 0.1) is 18.3 Å². The van der Waals surface area contributed by atoms with Crippen molar-refractivity contribution in [1.29, 1.82) is 0 Å². The van der Waals surface area contributed by atoms with Gasteiger partial charge < -0.3 is 19.0 Å². The summed E-state index contributed by atoms with van der Waals surface area (Å²) in [5.74, 6) is 1.67. The van der Waals surface area contributed by atoms with E-state index in [1.165, 1.54) is 0 Å². The maximum absolute atomic E-state index is 12.9. The van der Waals surface area contributed by atoms with Crippen LogP contribution in [0.2, 0.25) is 0 Å². The monoisotopic (exact) mass is 338 g/mol. The molecule has 0 radical (unpaired) electrons. The predicted octanol–water partition coefficient (Wildman–Crippen LogP) is 3.77. The highest BCUT2D eigenvalue weighted by Gasteiger charge is 2.26. The van der Waals surface area contributed by atoms with Gasteiger partial charge in [-0.15, -0.1) is 0 Å². The van der Waals surface area contributed by atoms with Gasteiger partial charge in [0.1, 0.15) is 23.3 Å². The molecular formula is C20H22N2O3. The molecule has 0 bridgehead atoms. The summed E-state index contributed by atoms with van der Waals surface area (Å²) in [5, 5.41) is 4.12. The van der Waals surface area contributed by atoms with Crippen LogP contribution in [0, 0.1) is 0 Å². The van der Waals surface area contributed by atoms with E-state index >= 15 is 0 Å². The van der Waals surface area contributed by atoms with Crippen molar-refractivity contribution in [3.8, 4) is 5.75 Å². The van der Waals surface area contributed by atoms with Gasteiger partial charge in [-0.05, 0) is 37.6 Å². The van der Waals surface area contributed by atoms with Crippen molar-refractivity contribution in [2.24, 2.45) is 0 Å². The summed E-state index contributed by atoms with van der Waals surface area (Å²) in [7, 11) is 0. The highest BCUT2D eigenvalue weighted by atomic mass is 16.5. The molecule has 1 aromatic carbocycles. The predicted molar refractivity (Wildman–Crippen MR) is 96.0 cm³/mol. The van der Waals surface area contributed by atoms with Gasteiger partial charge in [-0.1, -0.05) is 19.1 Å². The average Bonchev–Trinajstić information content (AvgIpc) is 3.23. The fourth-order valence-corrected chi connectivity index (χ4v) is 3.48. The molecule has 0 aliphatic carbocycles. The number of carbonyl (C=O) groups is 1. The first-order valence-electron chi connectivity index (χ1n) is 8.78. The number of carbonyl (C=O) groups excluding carboxylic acids is 1. The van der Waals surface area contributed by atoms with Crippen LogP contribution in [0.4, 0.5) is 0 Å². The smallest absolute Gasteiger partial charge is 0.268 e. The number of hydrogen-bond acceptors (Lipinski definition) is 3. The van der Waals surface area contributed by atoms with E-state index in [9.17, 15) is 4.79 Å². The molecule has 5 nitrogen and oxygen atoms in total. The van der Waals surface area contributed by atoms with Crippen LogP contribution in [0.5, 0.6) is 5.75 Å². The fraction of sp³-hybridized carbons (Fsp3) is 0.350. The van der Waals surface area contributed by atoms with Crippen molar-refractivity contribution in [2.45, 2.75) is 45.4 Å². The Morgan fingerprint density at radius 2 is 2.24 bits per heavy atom. The average molecular weight is 338 g/mol. The first kappa shape index (κ1) is 15.8. The molecule has 0 spiro atoms. The van der Waals surface area contributed by atoms with E-state index in [0.29, 0.717) is 18.7 Å². The Morgan fingerprint density at radius 3 is 3.00 bits per heavy atom. The molecule has 3 heterocycles. The highest BCUT2D eigenvalue weighted by Crippen LogP contribution is 2.34. The Labute approximate surface area is 146 Å². The molecule has 130 valence electrons. The quantitative estimate of drug-likeness (QED) is 0.770. The first-order valence-corrected chi connectivity index (χ1v) is 8.78. The summed E-state index contributed by atoms with van der Waals surface area (Å²) in [4.78, 5) is 12.9. The van der Waals surface area contributed by atoms with Crippen LogP contribution in [-0.4, -0.2) is 22.6 Å². The van der Waals surface area contributed by atoms with Crippen LogP contribution in [0.15, 0.2) is 47.1 Å². The molecular weight excluding hydrogens is 316 g/mol. The molecule has 2 aromatic heterocycles. The number of furan rings is 1. The first-order chi connectivity index (χ1) is 12.2. The minimum absolute atomic E-state index is 0.00857. The van der Waals surface area contributed by atoms with E-state index in [1.54, 1.807) is 6.26 Å². The lowest BCUT2D eigenvalue weighted by Crippen LogP contribution is -2.36. The second kappa shape index (κ2) is 6.31. The lowest BCUT2D eigenvalue weighted by molar-refractivity contribution is 0.0923. The van der Waals surface area contributed by atoms with Crippen LogP contribution >= 0.6 is 0 Å². The molecule has 0 saturated carbocycles. The Hall–Kier alpha value is -2.69. The third kappa shape index (κ3) is 2.90. The molecule has 0 unspecified atom stereocenters. The number of aromatic nitrogens is 1. The number of ether oxygens (including phenoxy) is 1. The number of rotatable bonds is 5. The van der Waals surface area contributed by atoms with Crippen molar-refractivity contribution in [3.05, 3.63) is 54.1 Å². The zero-order valence-corrected chi connectivity index (χ0v) is 14.5. The molecule has 0 saturated heterocycles. The number of nitrogens with one attached hydrogen (secondary N) is 1. The molecule has 4 rings (SSSR count). The molecule has 25 heavy (non-hydrogen) atoms. The third-order valence-electron chi connectivity index (χ3n) is 4.72. The van der Waals surface area contributed by atoms with Crippen molar-refractivity contribution in [2.75, 3.05) is 0 Å². The number of benzene rings is 1. The maximum Gasteiger partial charge on any atom is 0.268 e. The lowest BCUT2D eigenvalue weighted by Gasteiger charge is -2.26. The summed E-state index contributed by atoms with van der Waals surface area (Å²) in [6.45, 7) is 4.79. The van der Waals surface area contributed by atoms with Gasteiger partial charge >= 0.3 is 0 Å². The van der Waals surface area contributed by atoms with Gasteiger partial charge in [0, 0.05) is 17.8 Å². The van der Waals surface area contributed by atoms with Crippen LogP contribution < -0.4 is 10.1 Å². The molecule has 1 N–H and O–H groups in total. The minimum Gasteiger partial charge on any atom is -0.486 e. The van der Waals surface area contributed by atoms with Gasteiger partial charge in [-0.2, -0.15) is 0 Å². The number of amides is 1. The molecule has 1 aliphatic rings. The number of para-hydroxylation sites is 1. The lowest BCUT2D eigenvalue weighted by atomic mass is 10.2. The third-order valence-corrected chi connectivity index (χ3v) is 4.72.